The SMILES string of the molecule is C[C@@H]1CC2C3C[C@H](F)C4=CC(=O)C=CC4(C)[C@@]3(F)C(O)CC2(C)C1C(=O)NCc1ccccc1. The Labute approximate surface area is 199 Å². The maximum atomic E-state index is 17.1. The van der Waals surface area contributed by atoms with Gasteiger partial charge in [0, 0.05) is 23.8 Å². The maximum absolute atomic E-state index is 17.1. The van der Waals surface area contributed by atoms with Gasteiger partial charge in [0.15, 0.2) is 11.5 Å². The lowest BCUT2D eigenvalue weighted by atomic mass is 9.45. The van der Waals surface area contributed by atoms with Crippen molar-refractivity contribution in [2.45, 2.75) is 64.5 Å². The number of aliphatic hydroxyl groups excluding tert-OH is 1. The van der Waals surface area contributed by atoms with Gasteiger partial charge in [0.1, 0.15) is 6.17 Å². The summed E-state index contributed by atoms with van der Waals surface area (Å²) in [7, 11) is 0. The van der Waals surface area contributed by atoms with Crippen LogP contribution in [0, 0.1) is 34.5 Å². The first-order valence-corrected chi connectivity index (χ1v) is 12.3. The van der Waals surface area contributed by atoms with Crippen molar-refractivity contribution in [3.63, 3.8) is 0 Å². The van der Waals surface area contributed by atoms with Gasteiger partial charge in [-0.2, -0.15) is 0 Å². The Bertz CT molecular complexity index is 1070. The van der Waals surface area contributed by atoms with Crippen molar-refractivity contribution in [3.8, 4) is 0 Å². The highest BCUT2D eigenvalue weighted by Gasteiger charge is 2.73. The van der Waals surface area contributed by atoms with Crippen LogP contribution in [0.1, 0.15) is 45.6 Å². The van der Waals surface area contributed by atoms with Crippen molar-refractivity contribution in [2.24, 2.45) is 34.5 Å². The highest BCUT2D eigenvalue weighted by molar-refractivity contribution is 6.01. The van der Waals surface area contributed by atoms with Crippen LogP contribution < -0.4 is 5.32 Å². The maximum Gasteiger partial charge on any atom is 0.224 e. The second-order valence-corrected chi connectivity index (χ2v) is 11.3. The number of benzene rings is 1. The first-order chi connectivity index (χ1) is 16.0. The van der Waals surface area contributed by atoms with Gasteiger partial charge in [-0.25, -0.2) is 8.78 Å². The molecule has 5 rings (SSSR count). The van der Waals surface area contributed by atoms with Crippen LogP contribution in [0.5, 0.6) is 0 Å². The summed E-state index contributed by atoms with van der Waals surface area (Å²) in [6.45, 7) is 5.98. The molecule has 6 unspecified atom stereocenters. The Morgan fingerprint density at radius 3 is 2.59 bits per heavy atom. The number of carbonyl (C=O) groups is 2. The number of hydrogen-bond acceptors (Lipinski definition) is 3. The zero-order chi connectivity index (χ0) is 24.5. The van der Waals surface area contributed by atoms with Crippen molar-refractivity contribution in [1.29, 1.82) is 0 Å². The summed E-state index contributed by atoms with van der Waals surface area (Å²) in [5.41, 5.74) is -3.01. The van der Waals surface area contributed by atoms with Crippen LogP contribution >= 0.6 is 0 Å². The van der Waals surface area contributed by atoms with Gasteiger partial charge in [0.2, 0.25) is 5.91 Å². The predicted octanol–water partition coefficient (Wildman–Crippen LogP) is 4.48. The molecule has 34 heavy (non-hydrogen) atoms. The van der Waals surface area contributed by atoms with Crippen molar-refractivity contribution >= 4 is 11.7 Å². The summed E-state index contributed by atoms with van der Waals surface area (Å²) < 4.78 is 32.6. The fraction of sp³-hybridized carbons (Fsp3) is 0.571. The lowest BCUT2D eigenvalue weighted by Gasteiger charge is -2.62. The minimum absolute atomic E-state index is 0.0217. The summed E-state index contributed by atoms with van der Waals surface area (Å²) >= 11 is 0. The Kier molecular flexibility index (Phi) is 5.40. The number of amides is 1. The van der Waals surface area contributed by atoms with E-state index in [0.717, 1.165) is 5.56 Å². The van der Waals surface area contributed by atoms with Crippen LogP contribution in [0.2, 0.25) is 0 Å². The van der Waals surface area contributed by atoms with Gasteiger partial charge < -0.3 is 10.4 Å². The molecule has 0 aliphatic heterocycles. The Morgan fingerprint density at radius 2 is 1.88 bits per heavy atom. The lowest BCUT2D eigenvalue weighted by Crippen LogP contribution is -2.68. The number of alkyl halides is 2. The van der Waals surface area contributed by atoms with Gasteiger partial charge in [0.25, 0.3) is 0 Å². The van der Waals surface area contributed by atoms with Crippen LogP contribution in [0.25, 0.3) is 0 Å². The molecular formula is C28H33F2NO3. The zero-order valence-electron chi connectivity index (χ0n) is 19.9. The molecule has 2 N–H and O–H groups in total. The number of hydrogen-bond donors (Lipinski definition) is 2. The molecule has 0 radical (unpaired) electrons. The van der Waals surface area contributed by atoms with Gasteiger partial charge >= 0.3 is 0 Å². The third-order valence-corrected chi connectivity index (χ3v) is 9.56. The van der Waals surface area contributed by atoms with E-state index < -0.39 is 40.6 Å². The quantitative estimate of drug-likeness (QED) is 0.686. The van der Waals surface area contributed by atoms with E-state index in [1.165, 1.54) is 18.2 Å². The van der Waals surface area contributed by atoms with E-state index >= 15 is 8.78 Å². The molecule has 4 nitrogen and oxygen atoms in total. The molecule has 3 saturated carbocycles. The largest absolute Gasteiger partial charge is 0.390 e. The molecule has 4 aliphatic rings. The van der Waals surface area contributed by atoms with E-state index in [1.807, 2.05) is 44.2 Å². The highest BCUT2D eigenvalue weighted by atomic mass is 19.1. The number of ketones is 1. The molecule has 0 saturated heterocycles. The van der Waals surface area contributed by atoms with Gasteiger partial charge in [-0.1, -0.05) is 50.3 Å². The summed E-state index contributed by atoms with van der Waals surface area (Å²) in [4.78, 5) is 25.4. The minimum atomic E-state index is -2.10. The average Bonchev–Trinajstić information content (AvgIpc) is 3.06. The van der Waals surface area contributed by atoms with E-state index in [-0.39, 0.29) is 41.9 Å². The summed E-state index contributed by atoms with van der Waals surface area (Å²) in [5, 5.41) is 14.4. The fourth-order valence-corrected chi connectivity index (χ4v) is 8.02. The fourth-order valence-electron chi connectivity index (χ4n) is 8.02. The highest BCUT2D eigenvalue weighted by Crippen LogP contribution is 2.70. The molecule has 1 amide bonds. The molecule has 0 bridgehead atoms. The van der Waals surface area contributed by atoms with Crippen molar-refractivity contribution in [3.05, 3.63) is 59.7 Å². The second-order valence-electron chi connectivity index (χ2n) is 11.3. The molecule has 0 heterocycles. The Morgan fingerprint density at radius 1 is 1.18 bits per heavy atom. The summed E-state index contributed by atoms with van der Waals surface area (Å²) in [5.74, 6) is -1.85. The zero-order valence-corrected chi connectivity index (χ0v) is 19.9. The number of fused-ring (bicyclic) bond motifs is 5. The predicted molar refractivity (Wildman–Crippen MR) is 125 cm³/mol. The van der Waals surface area contributed by atoms with Crippen LogP contribution in [0.4, 0.5) is 8.78 Å². The smallest absolute Gasteiger partial charge is 0.224 e. The molecule has 0 spiro atoms. The molecule has 0 aromatic heterocycles. The second kappa shape index (κ2) is 7.84. The monoisotopic (exact) mass is 469 g/mol. The third kappa shape index (κ3) is 3.10. The number of carbonyl (C=O) groups excluding carboxylic acids is 2. The molecule has 3 fully saturated rings. The first kappa shape index (κ1) is 23.4. The topological polar surface area (TPSA) is 66.4 Å². The van der Waals surface area contributed by atoms with E-state index in [9.17, 15) is 14.7 Å². The van der Waals surface area contributed by atoms with E-state index in [4.69, 9.17) is 0 Å². The molecular weight excluding hydrogens is 436 g/mol. The molecule has 4 aliphatic carbocycles. The number of allylic oxidation sites excluding steroid dienone is 4. The summed E-state index contributed by atoms with van der Waals surface area (Å²) in [6.07, 6.45) is 1.78. The van der Waals surface area contributed by atoms with E-state index in [0.29, 0.717) is 13.0 Å². The number of halogens is 2. The standard InChI is InChI=1S/C28H33F2NO3/c1-16-11-19-20-13-22(29)21-12-18(32)9-10-27(21,3)28(20,30)23(33)14-26(19,2)24(16)25(34)31-15-17-7-5-4-6-8-17/h4-10,12,16,19-20,22-24,33H,11,13-15H2,1-3H3,(H,31,34)/t16-,19?,20?,22+,23?,24?,26?,27?,28+/m1/s1. The van der Waals surface area contributed by atoms with Crippen LogP contribution in [0.15, 0.2) is 54.1 Å². The van der Waals surface area contributed by atoms with Crippen LogP contribution in [-0.4, -0.2) is 34.7 Å². The number of rotatable bonds is 3. The minimum Gasteiger partial charge on any atom is -0.390 e. The molecule has 182 valence electrons. The molecule has 1 aromatic carbocycles. The van der Waals surface area contributed by atoms with Gasteiger partial charge in [-0.15, -0.1) is 0 Å². The molecule has 9 atom stereocenters. The Hall–Kier alpha value is -2.34. The van der Waals surface area contributed by atoms with Gasteiger partial charge in [-0.3, -0.25) is 9.59 Å². The lowest BCUT2D eigenvalue weighted by molar-refractivity contribution is -0.202. The van der Waals surface area contributed by atoms with Crippen molar-refractivity contribution in [1.82, 2.24) is 5.32 Å². The van der Waals surface area contributed by atoms with Gasteiger partial charge in [0.05, 0.1) is 6.10 Å². The van der Waals surface area contributed by atoms with Crippen LogP contribution in [0.3, 0.4) is 0 Å². The number of aliphatic hydroxyl groups is 1. The van der Waals surface area contributed by atoms with E-state index in [2.05, 4.69) is 5.32 Å². The van der Waals surface area contributed by atoms with E-state index in [1.54, 1.807) is 6.92 Å². The first-order valence-electron chi connectivity index (χ1n) is 12.3. The van der Waals surface area contributed by atoms with Crippen molar-refractivity contribution in [2.75, 3.05) is 0 Å². The molecule has 6 heteroatoms. The normalized spacial score (nSPS) is 45.1. The molecule has 1 aromatic rings. The average molecular weight is 470 g/mol. The third-order valence-electron chi connectivity index (χ3n) is 9.56. The number of nitrogens with one attached hydrogen (secondary N) is 1. The van der Waals surface area contributed by atoms with Crippen molar-refractivity contribution < 1.29 is 23.5 Å². The summed E-state index contributed by atoms with van der Waals surface area (Å²) in [6, 6.07) is 9.65. The Balaban J connectivity index is 1.47. The van der Waals surface area contributed by atoms with Gasteiger partial charge in [-0.05, 0) is 66.7 Å². The van der Waals surface area contributed by atoms with Crippen LogP contribution in [-0.2, 0) is 16.1 Å².